The maximum atomic E-state index is 3.43. The quantitative estimate of drug-likeness (QED) is 0.894. The van der Waals surface area contributed by atoms with Crippen LogP contribution in [-0.4, -0.2) is 55.1 Å². The van der Waals surface area contributed by atoms with Gasteiger partial charge < -0.3 is 5.32 Å². The molecule has 1 saturated heterocycles. The van der Waals surface area contributed by atoms with E-state index in [2.05, 4.69) is 60.4 Å². The van der Waals surface area contributed by atoms with Gasteiger partial charge in [0.1, 0.15) is 0 Å². The van der Waals surface area contributed by atoms with Crippen LogP contribution in [0.2, 0.25) is 0 Å². The Bertz CT molecular complexity index is 369. The Morgan fingerprint density at radius 1 is 1.42 bits per heavy atom. The molecular formula is C15H27N3S. The molecule has 4 heteroatoms. The first-order valence-electron chi connectivity index (χ1n) is 7.20. The molecule has 0 aromatic carbocycles. The zero-order chi connectivity index (χ0) is 13.9. The molecule has 1 aromatic rings. The highest BCUT2D eigenvalue weighted by Crippen LogP contribution is 2.26. The number of piperazine rings is 1. The van der Waals surface area contributed by atoms with Gasteiger partial charge in [-0.3, -0.25) is 9.80 Å². The van der Waals surface area contributed by atoms with E-state index in [0.717, 1.165) is 32.7 Å². The second-order valence-corrected chi connectivity index (χ2v) is 7.14. The van der Waals surface area contributed by atoms with Crippen LogP contribution in [0.15, 0.2) is 17.5 Å². The van der Waals surface area contributed by atoms with Crippen LogP contribution < -0.4 is 5.32 Å². The molecule has 2 heterocycles. The van der Waals surface area contributed by atoms with Crippen LogP contribution in [0.3, 0.4) is 0 Å². The first-order chi connectivity index (χ1) is 9.00. The predicted octanol–water partition coefficient (Wildman–Crippen LogP) is 2.42. The molecule has 2 rings (SSSR count). The lowest BCUT2D eigenvalue weighted by Gasteiger charge is -2.44. The summed E-state index contributed by atoms with van der Waals surface area (Å²) in [6, 6.07) is 4.89. The third kappa shape index (κ3) is 3.78. The summed E-state index contributed by atoms with van der Waals surface area (Å²) in [4.78, 5) is 6.55. The predicted molar refractivity (Wildman–Crippen MR) is 83.9 cm³/mol. The molecule has 1 unspecified atom stereocenters. The molecular weight excluding hydrogens is 254 g/mol. The Kier molecular flexibility index (Phi) is 5.01. The van der Waals surface area contributed by atoms with Crippen molar-refractivity contribution in [2.75, 3.05) is 39.8 Å². The first-order valence-corrected chi connectivity index (χ1v) is 8.08. The van der Waals surface area contributed by atoms with Gasteiger partial charge in [0.15, 0.2) is 0 Å². The number of nitrogens with zero attached hydrogens (tertiary/aromatic N) is 2. The lowest BCUT2D eigenvalue weighted by molar-refractivity contribution is 0.0607. The molecule has 1 aliphatic heterocycles. The van der Waals surface area contributed by atoms with Gasteiger partial charge in [0, 0.05) is 49.2 Å². The van der Waals surface area contributed by atoms with E-state index in [1.54, 1.807) is 0 Å². The van der Waals surface area contributed by atoms with Crippen LogP contribution in [0.25, 0.3) is 0 Å². The summed E-state index contributed by atoms with van der Waals surface area (Å²) >= 11 is 1.86. The summed E-state index contributed by atoms with van der Waals surface area (Å²) in [5.41, 5.74) is 0.238. The highest BCUT2D eigenvalue weighted by atomic mass is 32.1. The van der Waals surface area contributed by atoms with E-state index in [4.69, 9.17) is 0 Å². The van der Waals surface area contributed by atoms with Crippen molar-refractivity contribution in [1.29, 1.82) is 0 Å². The summed E-state index contributed by atoms with van der Waals surface area (Å²) in [5, 5.41) is 5.60. The van der Waals surface area contributed by atoms with E-state index in [-0.39, 0.29) is 5.54 Å². The van der Waals surface area contributed by atoms with Crippen molar-refractivity contribution in [3.8, 4) is 0 Å². The van der Waals surface area contributed by atoms with Crippen molar-refractivity contribution in [3.05, 3.63) is 22.4 Å². The molecule has 0 saturated carbocycles. The molecule has 3 nitrogen and oxygen atoms in total. The van der Waals surface area contributed by atoms with Gasteiger partial charge in [-0.05, 0) is 39.3 Å². The summed E-state index contributed by atoms with van der Waals surface area (Å²) in [5.74, 6) is 0. The Balaban J connectivity index is 1.94. The first kappa shape index (κ1) is 15.0. The molecule has 0 amide bonds. The van der Waals surface area contributed by atoms with Crippen LogP contribution in [0.5, 0.6) is 0 Å². The lowest BCUT2D eigenvalue weighted by atomic mass is 10.00. The molecule has 1 fully saturated rings. The maximum absolute atomic E-state index is 3.43. The third-order valence-corrected chi connectivity index (χ3v) is 5.27. The van der Waals surface area contributed by atoms with Gasteiger partial charge in [-0.1, -0.05) is 6.07 Å². The van der Waals surface area contributed by atoms with Crippen LogP contribution >= 0.6 is 11.3 Å². The van der Waals surface area contributed by atoms with E-state index in [0.29, 0.717) is 6.04 Å². The molecule has 0 spiro atoms. The van der Waals surface area contributed by atoms with E-state index < -0.39 is 0 Å². The van der Waals surface area contributed by atoms with E-state index in [1.807, 2.05) is 11.3 Å². The van der Waals surface area contributed by atoms with Gasteiger partial charge in [0.2, 0.25) is 0 Å². The van der Waals surface area contributed by atoms with Gasteiger partial charge in [-0.25, -0.2) is 0 Å². The van der Waals surface area contributed by atoms with E-state index in [1.165, 1.54) is 4.88 Å². The number of hydrogen-bond acceptors (Lipinski definition) is 4. The fourth-order valence-corrected chi connectivity index (χ4v) is 3.71. The van der Waals surface area contributed by atoms with E-state index >= 15 is 0 Å². The Morgan fingerprint density at radius 2 is 2.11 bits per heavy atom. The molecule has 1 N–H and O–H groups in total. The molecule has 1 atom stereocenters. The van der Waals surface area contributed by atoms with Crippen molar-refractivity contribution in [2.24, 2.45) is 0 Å². The molecule has 0 aliphatic carbocycles. The molecule has 108 valence electrons. The van der Waals surface area contributed by atoms with Crippen molar-refractivity contribution < 1.29 is 0 Å². The van der Waals surface area contributed by atoms with Crippen LogP contribution in [0, 0.1) is 0 Å². The molecule has 1 aromatic heterocycles. The van der Waals surface area contributed by atoms with Crippen LogP contribution in [-0.2, 0) is 0 Å². The number of thiophene rings is 1. The minimum Gasteiger partial charge on any atom is -0.314 e. The van der Waals surface area contributed by atoms with Crippen LogP contribution in [0.1, 0.15) is 31.7 Å². The Morgan fingerprint density at radius 3 is 2.68 bits per heavy atom. The van der Waals surface area contributed by atoms with Crippen molar-refractivity contribution in [1.82, 2.24) is 15.1 Å². The summed E-state index contributed by atoms with van der Waals surface area (Å²) in [7, 11) is 2.24. The lowest BCUT2D eigenvalue weighted by Crippen LogP contribution is -2.57. The summed E-state index contributed by atoms with van der Waals surface area (Å²) < 4.78 is 0. The van der Waals surface area contributed by atoms with Gasteiger partial charge in [-0.15, -0.1) is 11.3 Å². The number of hydrogen-bond donors (Lipinski definition) is 1. The maximum Gasteiger partial charge on any atom is 0.0411 e. The fourth-order valence-electron chi connectivity index (χ4n) is 2.86. The number of likely N-dealkylation sites (N-methyl/N-ethyl adjacent to an activating group) is 1. The summed E-state index contributed by atoms with van der Waals surface area (Å²) in [6.45, 7) is 12.7. The standard InChI is InChI=1S/C15H27N3S/c1-13(14-6-5-11-19-14)17(4)12-15(2,3)18-9-7-16-8-10-18/h5-6,11,13,16H,7-10,12H2,1-4H3. The van der Waals surface area contributed by atoms with E-state index in [9.17, 15) is 0 Å². The third-order valence-electron chi connectivity index (χ3n) is 4.23. The summed E-state index contributed by atoms with van der Waals surface area (Å²) in [6.07, 6.45) is 0. The highest BCUT2D eigenvalue weighted by Gasteiger charge is 2.30. The van der Waals surface area contributed by atoms with Gasteiger partial charge in [-0.2, -0.15) is 0 Å². The molecule has 19 heavy (non-hydrogen) atoms. The zero-order valence-corrected chi connectivity index (χ0v) is 13.5. The topological polar surface area (TPSA) is 18.5 Å². The normalized spacial score (nSPS) is 19.8. The SMILES string of the molecule is CC(c1cccs1)N(C)CC(C)(C)N1CCNCC1. The van der Waals surface area contributed by atoms with Gasteiger partial charge in [0.25, 0.3) is 0 Å². The Labute approximate surface area is 121 Å². The molecule has 1 aliphatic rings. The zero-order valence-electron chi connectivity index (χ0n) is 12.6. The second-order valence-electron chi connectivity index (χ2n) is 6.16. The van der Waals surface area contributed by atoms with Crippen LogP contribution in [0.4, 0.5) is 0 Å². The monoisotopic (exact) mass is 281 g/mol. The smallest absolute Gasteiger partial charge is 0.0411 e. The minimum atomic E-state index is 0.238. The average Bonchev–Trinajstić information content (AvgIpc) is 2.92. The average molecular weight is 281 g/mol. The van der Waals surface area contributed by atoms with Gasteiger partial charge >= 0.3 is 0 Å². The number of rotatable bonds is 5. The minimum absolute atomic E-state index is 0.238. The number of nitrogens with one attached hydrogen (secondary N) is 1. The van der Waals surface area contributed by atoms with Crippen molar-refractivity contribution >= 4 is 11.3 Å². The molecule has 0 bridgehead atoms. The largest absolute Gasteiger partial charge is 0.314 e. The fraction of sp³-hybridized carbons (Fsp3) is 0.733. The molecule has 0 radical (unpaired) electrons. The second kappa shape index (κ2) is 6.35. The Hall–Kier alpha value is -0.420. The van der Waals surface area contributed by atoms with Crippen molar-refractivity contribution in [3.63, 3.8) is 0 Å². The van der Waals surface area contributed by atoms with Crippen molar-refractivity contribution in [2.45, 2.75) is 32.4 Å². The highest BCUT2D eigenvalue weighted by molar-refractivity contribution is 7.10. The van der Waals surface area contributed by atoms with Gasteiger partial charge in [0.05, 0.1) is 0 Å².